The summed E-state index contributed by atoms with van der Waals surface area (Å²) in [5.41, 5.74) is 3.67. The van der Waals surface area contributed by atoms with Gasteiger partial charge in [-0.25, -0.2) is 4.98 Å². The summed E-state index contributed by atoms with van der Waals surface area (Å²) in [6.45, 7) is 4.52. The number of aryl methyl sites for hydroxylation is 1. The maximum absolute atomic E-state index is 6.16. The second kappa shape index (κ2) is 5.77. The third kappa shape index (κ3) is 2.35. The van der Waals surface area contributed by atoms with E-state index in [1.54, 1.807) is 0 Å². The minimum absolute atomic E-state index is 0.491. The van der Waals surface area contributed by atoms with E-state index in [0.717, 1.165) is 17.3 Å². The van der Waals surface area contributed by atoms with E-state index < -0.39 is 0 Å². The molecule has 0 N–H and O–H groups in total. The highest BCUT2D eigenvalue weighted by atomic mass is 35.5. The molecule has 1 aromatic heterocycles. The predicted octanol–water partition coefficient (Wildman–Crippen LogP) is 5.22. The number of fused-ring (bicyclic) bond motifs is 1. The van der Waals surface area contributed by atoms with Crippen molar-refractivity contribution in [3.63, 3.8) is 0 Å². The molecule has 0 bridgehead atoms. The molecule has 3 rings (SSSR count). The van der Waals surface area contributed by atoms with E-state index >= 15 is 0 Å². The van der Waals surface area contributed by atoms with E-state index in [0.29, 0.717) is 11.9 Å². The highest BCUT2D eigenvalue weighted by molar-refractivity contribution is 6.16. The topological polar surface area (TPSA) is 17.8 Å². The molecular weight excluding hydrogens is 268 g/mol. The molecule has 108 valence electrons. The van der Waals surface area contributed by atoms with E-state index in [1.165, 1.54) is 43.2 Å². The number of rotatable bonds is 3. The summed E-state index contributed by atoms with van der Waals surface area (Å²) in [4.78, 5) is 4.74. The van der Waals surface area contributed by atoms with Crippen molar-refractivity contribution in [2.24, 2.45) is 5.92 Å². The van der Waals surface area contributed by atoms with Gasteiger partial charge in [0, 0.05) is 6.04 Å². The summed E-state index contributed by atoms with van der Waals surface area (Å²) in [5.74, 6) is 2.28. The third-order valence-corrected chi connectivity index (χ3v) is 5.08. The first-order chi connectivity index (χ1) is 9.72. The van der Waals surface area contributed by atoms with Gasteiger partial charge in [-0.15, -0.1) is 11.6 Å². The molecule has 1 aliphatic carbocycles. The molecule has 0 aliphatic heterocycles. The summed E-state index contributed by atoms with van der Waals surface area (Å²) in [6.07, 6.45) is 6.83. The van der Waals surface area contributed by atoms with Gasteiger partial charge in [-0.3, -0.25) is 0 Å². The van der Waals surface area contributed by atoms with Crippen molar-refractivity contribution >= 4 is 22.6 Å². The summed E-state index contributed by atoms with van der Waals surface area (Å²) >= 11 is 6.16. The van der Waals surface area contributed by atoms with E-state index in [2.05, 4.69) is 36.6 Å². The molecule has 0 radical (unpaired) electrons. The lowest BCUT2D eigenvalue weighted by atomic mass is 9.84. The summed E-state index contributed by atoms with van der Waals surface area (Å²) in [5, 5.41) is 0. The van der Waals surface area contributed by atoms with Crippen molar-refractivity contribution in [2.45, 2.75) is 57.9 Å². The Balaban J connectivity index is 2.08. The molecule has 3 heteroatoms. The number of alkyl halides is 1. The van der Waals surface area contributed by atoms with Crippen molar-refractivity contribution in [2.75, 3.05) is 0 Å². The highest BCUT2D eigenvalue weighted by Gasteiger charge is 2.25. The summed E-state index contributed by atoms with van der Waals surface area (Å²) in [7, 11) is 0. The van der Waals surface area contributed by atoms with Crippen LogP contribution in [0, 0.1) is 12.8 Å². The standard InChI is InChI=1S/C17H23ClN2/c1-12-7-6-10-15-17(12)20(16(11-18)19-15)13(2)14-8-4-3-5-9-14/h6-7,10,13-14H,3-5,8-9,11H2,1-2H3. The molecule has 1 fully saturated rings. The molecule has 1 saturated carbocycles. The van der Waals surface area contributed by atoms with Crippen LogP contribution in [0.4, 0.5) is 0 Å². The first-order valence-electron chi connectivity index (χ1n) is 7.74. The maximum atomic E-state index is 6.16. The number of imidazole rings is 1. The van der Waals surface area contributed by atoms with Gasteiger partial charge in [0.1, 0.15) is 5.82 Å². The van der Waals surface area contributed by atoms with Crippen molar-refractivity contribution in [3.05, 3.63) is 29.6 Å². The van der Waals surface area contributed by atoms with Crippen LogP contribution in [0.1, 0.15) is 56.5 Å². The number of nitrogens with zero attached hydrogens (tertiary/aromatic N) is 2. The molecule has 2 aromatic rings. The van der Waals surface area contributed by atoms with Crippen LogP contribution in [0.25, 0.3) is 11.0 Å². The fraction of sp³-hybridized carbons (Fsp3) is 0.588. The Kier molecular flexibility index (Phi) is 4.02. The highest BCUT2D eigenvalue weighted by Crippen LogP contribution is 2.36. The molecule has 1 heterocycles. The largest absolute Gasteiger partial charge is 0.324 e. The Bertz CT molecular complexity index is 596. The van der Waals surface area contributed by atoms with Crippen LogP contribution in [0.15, 0.2) is 18.2 Å². The zero-order valence-electron chi connectivity index (χ0n) is 12.4. The van der Waals surface area contributed by atoms with Gasteiger partial charge in [0.25, 0.3) is 0 Å². The number of benzene rings is 1. The summed E-state index contributed by atoms with van der Waals surface area (Å²) in [6, 6.07) is 6.85. The van der Waals surface area contributed by atoms with E-state index in [-0.39, 0.29) is 0 Å². The average molecular weight is 291 g/mol. The van der Waals surface area contributed by atoms with Gasteiger partial charge in [0.15, 0.2) is 0 Å². The monoisotopic (exact) mass is 290 g/mol. The normalized spacial score (nSPS) is 18.6. The first kappa shape index (κ1) is 13.9. The van der Waals surface area contributed by atoms with E-state index in [1.807, 2.05) is 0 Å². The lowest BCUT2D eigenvalue weighted by Crippen LogP contribution is -2.21. The van der Waals surface area contributed by atoms with Gasteiger partial charge in [-0.05, 0) is 44.2 Å². The number of aromatic nitrogens is 2. The number of hydrogen-bond donors (Lipinski definition) is 0. The van der Waals surface area contributed by atoms with Crippen LogP contribution < -0.4 is 0 Å². The molecule has 0 spiro atoms. The Morgan fingerprint density at radius 1 is 1.30 bits per heavy atom. The molecule has 1 aromatic carbocycles. The minimum Gasteiger partial charge on any atom is -0.324 e. The molecule has 1 unspecified atom stereocenters. The van der Waals surface area contributed by atoms with E-state index in [4.69, 9.17) is 16.6 Å². The quantitative estimate of drug-likeness (QED) is 0.708. The van der Waals surface area contributed by atoms with Crippen LogP contribution >= 0.6 is 11.6 Å². The first-order valence-corrected chi connectivity index (χ1v) is 8.28. The van der Waals surface area contributed by atoms with Crippen LogP contribution in [0.5, 0.6) is 0 Å². The SMILES string of the molecule is Cc1cccc2nc(CCl)n(C(C)C3CCCCC3)c12. The van der Waals surface area contributed by atoms with Crippen LogP contribution in [0.3, 0.4) is 0 Å². The smallest absolute Gasteiger partial charge is 0.125 e. The minimum atomic E-state index is 0.491. The second-order valence-electron chi connectivity index (χ2n) is 6.11. The van der Waals surface area contributed by atoms with Crippen molar-refractivity contribution in [1.29, 1.82) is 0 Å². The van der Waals surface area contributed by atoms with E-state index in [9.17, 15) is 0 Å². The van der Waals surface area contributed by atoms with Crippen LogP contribution in [0.2, 0.25) is 0 Å². The Hall–Kier alpha value is -1.02. The molecule has 0 amide bonds. The van der Waals surface area contributed by atoms with Crippen LogP contribution in [-0.4, -0.2) is 9.55 Å². The molecule has 2 nitrogen and oxygen atoms in total. The van der Waals surface area contributed by atoms with Gasteiger partial charge in [0.2, 0.25) is 0 Å². The second-order valence-corrected chi connectivity index (χ2v) is 6.38. The van der Waals surface area contributed by atoms with Gasteiger partial charge < -0.3 is 4.57 Å². The van der Waals surface area contributed by atoms with Crippen LogP contribution in [-0.2, 0) is 5.88 Å². The number of para-hydroxylation sites is 1. The predicted molar refractivity (Wildman–Crippen MR) is 85.3 cm³/mol. The fourth-order valence-electron chi connectivity index (χ4n) is 3.73. The zero-order chi connectivity index (χ0) is 14.1. The van der Waals surface area contributed by atoms with Gasteiger partial charge in [-0.2, -0.15) is 0 Å². The molecule has 20 heavy (non-hydrogen) atoms. The lowest BCUT2D eigenvalue weighted by Gasteiger charge is -2.30. The average Bonchev–Trinajstić information content (AvgIpc) is 2.87. The maximum Gasteiger partial charge on any atom is 0.125 e. The Morgan fingerprint density at radius 2 is 2.05 bits per heavy atom. The van der Waals surface area contributed by atoms with Crippen molar-refractivity contribution in [3.8, 4) is 0 Å². The van der Waals surface area contributed by atoms with Gasteiger partial charge in [-0.1, -0.05) is 31.4 Å². The fourth-order valence-corrected chi connectivity index (χ4v) is 3.92. The summed E-state index contributed by atoms with van der Waals surface area (Å²) < 4.78 is 2.41. The van der Waals surface area contributed by atoms with Gasteiger partial charge in [0.05, 0.1) is 16.9 Å². The molecule has 0 saturated heterocycles. The van der Waals surface area contributed by atoms with Crippen molar-refractivity contribution in [1.82, 2.24) is 9.55 Å². The zero-order valence-corrected chi connectivity index (χ0v) is 13.2. The lowest BCUT2D eigenvalue weighted by molar-refractivity contribution is 0.265. The number of hydrogen-bond acceptors (Lipinski definition) is 1. The molecule has 1 atom stereocenters. The molecule has 1 aliphatic rings. The number of halogens is 1. The van der Waals surface area contributed by atoms with Crippen molar-refractivity contribution < 1.29 is 0 Å². The molecular formula is C17H23ClN2. The third-order valence-electron chi connectivity index (χ3n) is 4.84. The van der Waals surface area contributed by atoms with Gasteiger partial charge >= 0.3 is 0 Å². The Labute approximate surface area is 126 Å². The Morgan fingerprint density at radius 3 is 2.75 bits per heavy atom.